The molecule has 1 aromatic heterocycles. The summed E-state index contributed by atoms with van der Waals surface area (Å²) in [5, 5.41) is 11.7. The second-order valence-electron chi connectivity index (χ2n) is 3.71. The molecule has 0 radical (unpaired) electrons. The third-order valence-corrected chi connectivity index (χ3v) is 2.46. The number of aryl methyl sites for hydroxylation is 1. The van der Waals surface area contributed by atoms with E-state index in [9.17, 15) is 8.78 Å². The predicted molar refractivity (Wildman–Crippen MR) is 63.3 cm³/mol. The summed E-state index contributed by atoms with van der Waals surface area (Å²) in [5.41, 5.74) is 1.14. The molecular formula is C13H9F2N3. The van der Waals surface area contributed by atoms with Gasteiger partial charge in [0.1, 0.15) is 23.5 Å². The van der Waals surface area contributed by atoms with Crippen molar-refractivity contribution in [3.8, 4) is 6.07 Å². The van der Waals surface area contributed by atoms with E-state index < -0.39 is 11.6 Å². The van der Waals surface area contributed by atoms with Crippen molar-refractivity contribution in [2.45, 2.75) is 6.92 Å². The quantitative estimate of drug-likeness (QED) is 0.883. The van der Waals surface area contributed by atoms with Gasteiger partial charge in [-0.05, 0) is 30.7 Å². The summed E-state index contributed by atoms with van der Waals surface area (Å²) in [4.78, 5) is 3.98. The van der Waals surface area contributed by atoms with E-state index in [1.165, 1.54) is 12.3 Å². The fraction of sp³-hybridized carbons (Fsp3) is 0.0769. The Kier molecular flexibility index (Phi) is 3.20. The normalized spacial score (nSPS) is 9.89. The van der Waals surface area contributed by atoms with Crippen LogP contribution >= 0.6 is 0 Å². The Labute approximate surface area is 103 Å². The van der Waals surface area contributed by atoms with Crippen molar-refractivity contribution in [1.29, 1.82) is 5.26 Å². The molecular weight excluding hydrogens is 236 g/mol. The molecule has 1 heterocycles. The number of aromatic nitrogens is 1. The van der Waals surface area contributed by atoms with E-state index in [-0.39, 0.29) is 11.5 Å². The summed E-state index contributed by atoms with van der Waals surface area (Å²) in [6, 6.07) is 6.84. The van der Waals surface area contributed by atoms with E-state index in [0.717, 1.165) is 17.7 Å². The van der Waals surface area contributed by atoms with Gasteiger partial charge in [-0.2, -0.15) is 5.26 Å². The average molecular weight is 245 g/mol. The predicted octanol–water partition coefficient (Wildman–Crippen LogP) is 3.28. The third-order valence-electron chi connectivity index (χ3n) is 2.46. The maximum Gasteiger partial charge on any atom is 0.149 e. The number of nitriles is 1. The van der Waals surface area contributed by atoms with Crippen molar-refractivity contribution in [2.24, 2.45) is 0 Å². The molecule has 90 valence electrons. The SMILES string of the molecule is Cc1ccnc(Nc2ccc(F)cc2F)c1C#N. The molecule has 1 aromatic carbocycles. The minimum absolute atomic E-state index is 0.0750. The molecule has 0 fully saturated rings. The number of nitrogens with one attached hydrogen (secondary N) is 1. The van der Waals surface area contributed by atoms with Crippen LogP contribution in [0, 0.1) is 29.9 Å². The van der Waals surface area contributed by atoms with Crippen molar-refractivity contribution in [1.82, 2.24) is 4.98 Å². The van der Waals surface area contributed by atoms with Crippen LogP contribution in [-0.2, 0) is 0 Å². The summed E-state index contributed by atoms with van der Waals surface area (Å²) in [5.74, 6) is -1.14. The third kappa shape index (κ3) is 2.28. The second kappa shape index (κ2) is 4.80. The zero-order valence-corrected chi connectivity index (χ0v) is 9.54. The van der Waals surface area contributed by atoms with Crippen molar-refractivity contribution in [3.63, 3.8) is 0 Å². The smallest absolute Gasteiger partial charge is 0.149 e. The Bertz CT molecular complexity index is 633. The zero-order valence-electron chi connectivity index (χ0n) is 9.54. The Hall–Kier alpha value is -2.48. The molecule has 1 N–H and O–H groups in total. The number of benzene rings is 1. The highest BCUT2D eigenvalue weighted by Crippen LogP contribution is 2.23. The summed E-state index contributed by atoms with van der Waals surface area (Å²) >= 11 is 0. The molecule has 0 aliphatic rings. The van der Waals surface area contributed by atoms with E-state index in [1.54, 1.807) is 13.0 Å². The number of halogens is 2. The first-order valence-corrected chi connectivity index (χ1v) is 5.19. The minimum atomic E-state index is -0.734. The number of nitrogens with zero attached hydrogens (tertiary/aromatic N) is 2. The highest BCUT2D eigenvalue weighted by molar-refractivity contribution is 5.64. The standard InChI is InChI=1S/C13H9F2N3/c1-8-4-5-17-13(10(8)7-16)18-12-3-2-9(14)6-11(12)15/h2-6H,1H3,(H,17,18). The van der Waals surface area contributed by atoms with Crippen LogP contribution < -0.4 is 5.32 Å². The number of hydrogen-bond acceptors (Lipinski definition) is 3. The van der Waals surface area contributed by atoms with Crippen molar-refractivity contribution in [2.75, 3.05) is 5.32 Å². The lowest BCUT2D eigenvalue weighted by atomic mass is 10.1. The van der Waals surface area contributed by atoms with Crippen LogP contribution in [0.4, 0.5) is 20.3 Å². The molecule has 3 nitrogen and oxygen atoms in total. The van der Waals surface area contributed by atoms with E-state index >= 15 is 0 Å². The van der Waals surface area contributed by atoms with Crippen molar-refractivity contribution < 1.29 is 8.78 Å². The molecule has 0 bridgehead atoms. The van der Waals surface area contributed by atoms with Gasteiger partial charge in [-0.1, -0.05) is 0 Å². The molecule has 0 unspecified atom stereocenters. The Morgan fingerprint density at radius 2 is 2.06 bits per heavy atom. The molecule has 2 aromatic rings. The van der Waals surface area contributed by atoms with Gasteiger partial charge in [0.05, 0.1) is 11.3 Å². The summed E-state index contributed by atoms with van der Waals surface area (Å²) < 4.78 is 26.2. The molecule has 0 atom stereocenters. The van der Waals surface area contributed by atoms with E-state index in [4.69, 9.17) is 5.26 Å². The zero-order chi connectivity index (χ0) is 13.1. The van der Waals surface area contributed by atoms with Crippen molar-refractivity contribution >= 4 is 11.5 Å². The first-order chi connectivity index (χ1) is 8.61. The lowest BCUT2D eigenvalue weighted by Gasteiger charge is -2.09. The first-order valence-electron chi connectivity index (χ1n) is 5.19. The van der Waals surface area contributed by atoms with Crippen LogP contribution in [0.25, 0.3) is 0 Å². The lowest BCUT2D eigenvalue weighted by molar-refractivity contribution is 0.586. The topological polar surface area (TPSA) is 48.7 Å². The van der Waals surface area contributed by atoms with Gasteiger partial charge >= 0.3 is 0 Å². The van der Waals surface area contributed by atoms with Crippen LogP contribution in [0.1, 0.15) is 11.1 Å². The Morgan fingerprint density at radius 1 is 1.28 bits per heavy atom. The molecule has 18 heavy (non-hydrogen) atoms. The highest BCUT2D eigenvalue weighted by Gasteiger charge is 2.09. The van der Waals surface area contributed by atoms with Gasteiger partial charge in [0.15, 0.2) is 0 Å². The summed E-state index contributed by atoms with van der Waals surface area (Å²) in [7, 11) is 0. The number of hydrogen-bond donors (Lipinski definition) is 1. The van der Waals surface area contributed by atoms with Crippen LogP contribution in [0.5, 0.6) is 0 Å². The fourth-order valence-electron chi connectivity index (χ4n) is 1.51. The molecule has 0 saturated carbocycles. The van der Waals surface area contributed by atoms with E-state index in [2.05, 4.69) is 10.3 Å². The molecule has 5 heteroatoms. The number of rotatable bonds is 2. The van der Waals surface area contributed by atoms with Gasteiger partial charge in [0.25, 0.3) is 0 Å². The maximum atomic E-state index is 13.5. The van der Waals surface area contributed by atoms with Crippen LogP contribution in [0.2, 0.25) is 0 Å². The molecule has 0 spiro atoms. The minimum Gasteiger partial charge on any atom is -0.337 e. The molecule has 0 amide bonds. The van der Waals surface area contributed by atoms with E-state index in [1.807, 2.05) is 6.07 Å². The lowest BCUT2D eigenvalue weighted by Crippen LogP contribution is -2.00. The van der Waals surface area contributed by atoms with Crippen LogP contribution in [0.3, 0.4) is 0 Å². The van der Waals surface area contributed by atoms with Crippen LogP contribution in [0.15, 0.2) is 30.5 Å². The van der Waals surface area contributed by atoms with Gasteiger partial charge in [0, 0.05) is 12.3 Å². The second-order valence-corrected chi connectivity index (χ2v) is 3.71. The Morgan fingerprint density at radius 3 is 2.72 bits per heavy atom. The Balaban J connectivity index is 2.41. The van der Waals surface area contributed by atoms with Gasteiger partial charge in [-0.25, -0.2) is 13.8 Å². The number of pyridine rings is 1. The number of anilines is 2. The van der Waals surface area contributed by atoms with Gasteiger partial charge in [-0.3, -0.25) is 0 Å². The average Bonchev–Trinajstić information content (AvgIpc) is 2.33. The monoisotopic (exact) mass is 245 g/mol. The largest absolute Gasteiger partial charge is 0.337 e. The van der Waals surface area contributed by atoms with Gasteiger partial charge < -0.3 is 5.32 Å². The van der Waals surface area contributed by atoms with Crippen LogP contribution in [-0.4, -0.2) is 4.98 Å². The fourth-order valence-corrected chi connectivity index (χ4v) is 1.51. The molecule has 2 rings (SSSR count). The first kappa shape index (κ1) is 12.0. The highest BCUT2D eigenvalue weighted by atomic mass is 19.1. The summed E-state index contributed by atoms with van der Waals surface area (Å²) in [6.07, 6.45) is 1.51. The molecule has 0 aliphatic carbocycles. The van der Waals surface area contributed by atoms with Gasteiger partial charge in [-0.15, -0.1) is 0 Å². The molecule has 0 saturated heterocycles. The molecule has 0 aliphatic heterocycles. The van der Waals surface area contributed by atoms with E-state index in [0.29, 0.717) is 5.56 Å². The summed E-state index contributed by atoms with van der Waals surface area (Å²) in [6.45, 7) is 1.76. The van der Waals surface area contributed by atoms with Gasteiger partial charge in [0.2, 0.25) is 0 Å². The van der Waals surface area contributed by atoms with Crippen molar-refractivity contribution in [3.05, 3.63) is 53.2 Å². The maximum absolute atomic E-state index is 13.5.